The van der Waals surface area contributed by atoms with Gasteiger partial charge in [-0.15, -0.1) is 0 Å². The predicted molar refractivity (Wildman–Crippen MR) is 92.9 cm³/mol. The van der Waals surface area contributed by atoms with E-state index in [-0.39, 0.29) is 0 Å². The third-order valence-corrected chi connectivity index (χ3v) is 4.84. The van der Waals surface area contributed by atoms with Crippen molar-refractivity contribution >= 4 is 11.6 Å². The molecule has 1 saturated heterocycles. The molecule has 0 aromatic heterocycles. The molecule has 1 aliphatic rings. The zero-order valence-electron chi connectivity index (χ0n) is 14.4. The van der Waals surface area contributed by atoms with E-state index >= 15 is 0 Å². The zero-order chi connectivity index (χ0) is 16.7. The van der Waals surface area contributed by atoms with Gasteiger partial charge in [0.15, 0.2) is 5.50 Å². The molecule has 1 aromatic rings. The van der Waals surface area contributed by atoms with E-state index < -0.39 is 11.5 Å². The molecule has 0 amide bonds. The van der Waals surface area contributed by atoms with Crippen molar-refractivity contribution in [2.75, 3.05) is 27.3 Å². The number of hydrogen-bond donors (Lipinski definition) is 0. The highest BCUT2D eigenvalue weighted by molar-refractivity contribution is 6.20. The maximum Gasteiger partial charge on any atom is 0.358 e. The fourth-order valence-electron chi connectivity index (χ4n) is 2.96. The van der Waals surface area contributed by atoms with Gasteiger partial charge >= 0.3 is 5.97 Å². The van der Waals surface area contributed by atoms with Crippen molar-refractivity contribution in [1.82, 2.24) is 4.90 Å². The number of hydrogen-bond acceptors (Lipinski definition) is 4. The number of likely N-dealkylation sites (tertiary alicyclic amines) is 1. The summed E-state index contributed by atoms with van der Waals surface area (Å²) in [6.07, 6.45) is 5.70. The lowest BCUT2D eigenvalue weighted by Gasteiger charge is -2.41. The van der Waals surface area contributed by atoms with E-state index in [2.05, 4.69) is 24.0 Å². The summed E-state index contributed by atoms with van der Waals surface area (Å²) in [6, 6.07) is 8.02. The number of alkyl halides is 1. The maximum absolute atomic E-state index is 6.66. The molecule has 1 aliphatic heterocycles. The Morgan fingerprint density at radius 3 is 2.22 bits per heavy atom. The van der Waals surface area contributed by atoms with Gasteiger partial charge in [0.05, 0.1) is 0 Å². The number of ether oxygens (including phenoxy) is 3. The summed E-state index contributed by atoms with van der Waals surface area (Å²) < 4.78 is 17.2. The molecule has 1 heterocycles. The molecule has 2 rings (SSSR count). The molecule has 0 radical (unpaired) electrons. The molecule has 23 heavy (non-hydrogen) atoms. The fourth-order valence-corrected chi connectivity index (χ4v) is 3.37. The van der Waals surface area contributed by atoms with Crippen molar-refractivity contribution in [3.63, 3.8) is 0 Å². The molecule has 0 aliphatic carbocycles. The Labute approximate surface area is 144 Å². The van der Waals surface area contributed by atoms with Crippen LogP contribution in [0.3, 0.4) is 0 Å². The van der Waals surface area contributed by atoms with Crippen LogP contribution in [0.1, 0.15) is 38.2 Å². The number of benzene rings is 1. The molecule has 1 fully saturated rings. The summed E-state index contributed by atoms with van der Waals surface area (Å²) in [6.45, 7) is 4.03. The monoisotopic (exact) mass is 341 g/mol. The van der Waals surface area contributed by atoms with Crippen molar-refractivity contribution in [1.29, 1.82) is 0 Å². The van der Waals surface area contributed by atoms with Crippen LogP contribution >= 0.6 is 11.6 Å². The van der Waals surface area contributed by atoms with Crippen LogP contribution in [-0.2, 0) is 15.9 Å². The summed E-state index contributed by atoms with van der Waals surface area (Å²) in [5.74, 6) is -0.623. The number of halogens is 1. The third kappa shape index (κ3) is 4.60. The van der Waals surface area contributed by atoms with Crippen LogP contribution in [0.4, 0.5) is 0 Å². The second-order valence-electron chi connectivity index (χ2n) is 5.94. The van der Waals surface area contributed by atoms with E-state index in [1.54, 1.807) is 14.2 Å². The van der Waals surface area contributed by atoms with E-state index in [9.17, 15) is 0 Å². The van der Waals surface area contributed by atoms with Gasteiger partial charge in [0.25, 0.3) is 0 Å². The summed E-state index contributed by atoms with van der Waals surface area (Å²) >= 11 is 6.66. The number of piperidine rings is 1. The largest absolute Gasteiger partial charge is 0.437 e. The minimum Gasteiger partial charge on any atom is -0.437 e. The Bertz CT molecular complexity index is 456. The Morgan fingerprint density at radius 2 is 1.70 bits per heavy atom. The van der Waals surface area contributed by atoms with Gasteiger partial charge in [-0.25, -0.2) is 0 Å². The standard InChI is InChI=1S/C18H28ClNO3/c1-4-8-15-9-11-16(12-10-15)23-18(21-2,22-3)17(19)20-13-6-5-7-14-20/h9-12,17H,4-8,13-14H2,1-3H3. The SMILES string of the molecule is CCCc1ccc(OC(OC)(OC)C(Cl)N2CCCCC2)cc1. The van der Waals surface area contributed by atoms with Crippen molar-refractivity contribution in [3.8, 4) is 5.75 Å². The van der Waals surface area contributed by atoms with Crippen molar-refractivity contribution in [3.05, 3.63) is 29.8 Å². The van der Waals surface area contributed by atoms with Gasteiger partial charge in [0, 0.05) is 14.2 Å². The van der Waals surface area contributed by atoms with Crippen molar-refractivity contribution in [2.24, 2.45) is 0 Å². The average molecular weight is 342 g/mol. The normalized spacial score (nSPS) is 17.9. The summed E-state index contributed by atoms with van der Waals surface area (Å²) in [4.78, 5) is 2.16. The molecule has 5 heteroatoms. The fraction of sp³-hybridized carbons (Fsp3) is 0.667. The van der Waals surface area contributed by atoms with Crippen molar-refractivity contribution < 1.29 is 14.2 Å². The number of nitrogens with zero attached hydrogens (tertiary/aromatic N) is 1. The van der Waals surface area contributed by atoms with Crippen LogP contribution in [0.2, 0.25) is 0 Å². The van der Waals surface area contributed by atoms with Gasteiger partial charge in [-0.05, 0) is 50.0 Å². The molecule has 130 valence electrons. The van der Waals surface area contributed by atoms with Crippen LogP contribution in [0.15, 0.2) is 24.3 Å². The molecule has 1 unspecified atom stereocenters. The van der Waals surface area contributed by atoms with E-state index in [0.717, 1.165) is 38.8 Å². The van der Waals surface area contributed by atoms with Crippen LogP contribution in [0, 0.1) is 0 Å². The number of rotatable bonds is 8. The summed E-state index contributed by atoms with van der Waals surface area (Å²) in [7, 11) is 3.13. The van der Waals surface area contributed by atoms with Crippen LogP contribution < -0.4 is 4.74 Å². The van der Waals surface area contributed by atoms with Gasteiger partial charge in [-0.2, -0.15) is 0 Å². The molecule has 0 saturated carbocycles. The molecule has 1 atom stereocenters. The molecular weight excluding hydrogens is 314 g/mol. The van der Waals surface area contributed by atoms with Gasteiger partial charge < -0.3 is 14.2 Å². The lowest BCUT2D eigenvalue weighted by atomic mass is 10.1. The topological polar surface area (TPSA) is 30.9 Å². The van der Waals surface area contributed by atoms with Crippen LogP contribution in [0.25, 0.3) is 0 Å². The number of methoxy groups -OCH3 is 2. The first kappa shape index (κ1) is 18.5. The Morgan fingerprint density at radius 1 is 1.09 bits per heavy atom. The molecule has 0 N–H and O–H groups in total. The Kier molecular flexibility index (Phi) is 7.15. The highest BCUT2D eigenvalue weighted by Crippen LogP contribution is 2.30. The van der Waals surface area contributed by atoms with Gasteiger partial charge in [0.2, 0.25) is 0 Å². The molecule has 0 bridgehead atoms. The Hall–Kier alpha value is -0.810. The van der Waals surface area contributed by atoms with E-state index in [0.29, 0.717) is 5.75 Å². The second kappa shape index (κ2) is 8.88. The maximum atomic E-state index is 6.66. The molecule has 4 nitrogen and oxygen atoms in total. The quantitative estimate of drug-likeness (QED) is 0.406. The van der Waals surface area contributed by atoms with E-state index in [1.807, 2.05) is 12.1 Å². The smallest absolute Gasteiger partial charge is 0.358 e. The summed E-state index contributed by atoms with van der Waals surface area (Å²) in [5.41, 5.74) is 0.784. The molecule has 1 aromatic carbocycles. The Balaban J connectivity index is 2.12. The minimum absolute atomic E-state index is 0.506. The highest BCUT2D eigenvalue weighted by Gasteiger charge is 2.45. The first-order valence-corrected chi connectivity index (χ1v) is 8.85. The highest BCUT2D eigenvalue weighted by atomic mass is 35.5. The van der Waals surface area contributed by atoms with Crippen LogP contribution in [0.5, 0.6) is 5.75 Å². The zero-order valence-corrected chi connectivity index (χ0v) is 15.1. The average Bonchev–Trinajstić information content (AvgIpc) is 2.62. The lowest BCUT2D eigenvalue weighted by Crippen LogP contribution is -2.57. The van der Waals surface area contributed by atoms with E-state index in [1.165, 1.54) is 12.0 Å². The molecular formula is C18H28ClNO3. The third-order valence-electron chi connectivity index (χ3n) is 4.29. The van der Waals surface area contributed by atoms with Gasteiger partial charge in [-0.1, -0.05) is 43.5 Å². The number of aryl methyl sites for hydroxylation is 1. The van der Waals surface area contributed by atoms with Gasteiger partial charge in [-0.3, -0.25) is 4.90 Å². The van der Waals surface area contributed by atoms with Crippen LogP contribution in [-0.4, -0.2) is 43.7 Å². The first-order chi connectivity index (χ1) is 11.1. The lowest BCUT2D eigenvalue weighted by molar-refractivity contribution is -0.337. The van der Waals surface area contributed by atoms with Crippen molar-refractivity contribution in [2.45, 2.75) is 50.5 Å². The van der Waals surface area contributed by atoms with Gasteiger partial charge in [0.1, 0.15) is 5.75 Å². The first-order valence-electron chi connectivity index (χ1n) is 8.41. The minimum atomic E-state index is -1.31. The predicted octanol–water partition coefficient (Wildman–Crippen LogP) is 4.02. The summed E-state index contributed by atoms with van der Waals surface area (Å²) in [5, 5.41) is 0. The molecule has 0 spiro atoms. The van der Waals surface area contributed by atoms with E-state index in [4.69, 9.17) is 25.8 Å². The second-order valence-corrected chi connectivity index (χ2v) is 6.35.